The highest BCUT2D eigenvalue weighted by molar-refractivity contribution is 5.74. The van der Waals surface area contributed by atoms with Gasteiger partial charge in [-0.3, -0.25) is 0 Å². The first-order valence-electron chi connectivity index (χ1n) is 5.95. The summed E-state index contributed by atoms with van der Waals surface area (Å²) in [5, 5.41) is 0. The third-order valence-electron chi connectivity index (χ3n) is 3.01. The molecule has 0 N–H and O–H groups in total. The molecule has 2 aromatic carbocycles. The molecule has 0 saturated carbocycles. The lowest BCUT2D eigenvalue weighted by Crippen LogP contribution is -1.96. The maximum atomic E-state index is 5.93. The summed E-state index contributed by atoms with van der Waals surface area (Å²) in [5.74, 6) is 1.84. The first-order chi connectivity index (χ1) is 8.43. The van der Waals surface area contributed by atoms with Crippen LogP contribution in [-0.2, 0) is 0 Å². The van der Waals surface area contributed by atoms with Gasteiger partial charge in [-0.2, -0.15) is 0 Å². The van der Waals surface area contributed by atoms with E-state index in [9.17, 15) is 0 Å². The summed E-state index contributed by atoms with van der Waals surface area (Å²) >= 11 is 0. The lowest BCUT2D eigenvalue weighted by molar-refractivity contribution is 0.480. The van der Waals surface area contributed by atoms with Crippen molar-refractivity contribution in [1.29, 1.82) is 0 Å². The number of rotatable bonds is 3. The Morgan fingerprint density at radius 3 is 2.24 bits per heavy atom. The summed E-state index contributed by atoms with van der Waals surface area (Å²) in [4.78, 5) is 0. The van der Waals surface area contributed by atoms with E-state index >= 15 is 0 Å². The van der Waals surface area contributed by atoms with Crippen LogP contribution in [0.3, 0.4) is 0 Å². The Balaban J connectivity index is 1.93. The van der Waals surface area contributed by atoms with Crippen molar-refractivity contribution in [2.45, 2.75) is 12.8 Å². The van der Waals surface area contributed by atoms with Crippen LogP contribution in [0.5, 0.6) is 11.5 Å². The van der Waals surface area contributed by atoms with Gasteiger partial charge in [-0.05, 0) is 36.6 Å². The quantitative estimate of drug-likeness (QED) is 0.734. The van der Waals surface area contributed by atoms with Crippen LogP contribution in [0, 0.1) is 0 Å². The lowest BCUT2D eigenvalue weighted by atomic mass is 9.91. The van der Waals surface area contributed by atoms with Crippen molar-refractivity contribution < 1.29 is 4.74 Å². The van der Waals surface area contributed by atoms with Crippen molar-refractivity contribution in [3.63, 3.8) is 0 Å². The molecule has 84 valence electrons. The van der Waals surface area contributed by atoms with Gasteiger partial charge in [0, 0.05) is 5.56 Å². The van der Waals surface area contributed by atoms with Gasteiger partial charge >= 0.3 is 0 Å². The molecule has 0 heterocycles. The highest BCUT2D eigenvalue weighted by atomic mass is 16.5. The molecule has 1 aliphatic carbocycles. The van der Waals surface area contributed by atoms with Crippen molar-refractivity contribution >= 4 is 5.57 Å². The zero-order valence-corrected chi connectivity index (χ0v) is 9.60. The minimum absolute atomic E-state index is 0.889. The van der Waals surface area contributed by atoms with Gasteiger partial charge < -0.3 is 4.74 Å². The fourth-order valence-electron chi connectivity index (χ4n) is 1.97. The second kappa shape index (κ2) is 4.46. The van der Waals surface area contributed by atoms with Gasteiger partial charge in [0.25, 0.3) is 0 Å². The predicted octanol–water partition coefficient (Wildman–Crippen LogP) is 4.66. The molecule has 0 amide bonds. The van der Waals surface area contributed by atoms with E-state index in [1.807, 2.05) is 42.5 Å². The largest absolute Gasteiger partial charge is 0.457 e. The van der Waals surface area contributed by atoms with E-state index in [0.717, 1.165) is 17.9 Å². The molecular weight excluding hydrogens is 208 g/mol. The molecule has 17 heavy (non-hydrogen) atoms. The Hall–Kier alpha value is -2.02. The minimum atomic E-state index is 0.889. The third-order valence-corrected chi connectivity index (χ3v) is 3.01. The fourth-order valence-corrected chi connectivity index (χ4v) is 1.97. The molecule has 0 unspecified atom stereocenters. The Morgan fingerprint density at radius 2 is 1.53 bits per heavy atom. The van der Waals surface area contributed by atoms with Gasteiger partial charge in [0.1, 0.15) is 11.5 Å². The van der Waals surface area contributed by atoms with Crippen LogP contribution in [0.1, 0.15) is 18.4 Å². The molecule has 1 heteroatoms. The van der Waals surface area contributed by atoms with Crippen LogP contribution in [0.15, 0.2) is 60.7 Å². The highest BCUT2D eigenvalue weighted by Crippen LogP contribution is 2.36. The first-order valence-corrected chi connectivity index (χ1v) is 5.95. The summed E-state index contributed by atoms with van der Waals surface area (Å²) in [6.45, 7) is 0. The van der Waals surface area contributed by atoms with Crippen LogP contribution < -0.4 is 4.74 Å². The number of ether oxygens (including phenoxy) is 1. The lowest BCUT2D eigenvalue weighted by Gasteiger charge is -2.18. The topological polar surface area (TPSA) is 9.23 Å². The molecule has 0 spiro atoms. The molecule has 0 fully saturated rings. The summed E-state index contributed by atoms with van der Waals surface area (Å²) in [6, 6.07) is 18.2. The number of benzene rings is 2. The minimum Gasteiger partial charge on any atom is -0.457 e. The van der Waals surface area contributed by atoms with Gasteiger partial charge in [0.15, 0.2) is 0 Å². The van der Waals surface area contributed by atoms with Crippen molar-refractivity contribution in [3.05, 3.63) is 66.2 Å². The second-order valence-electron chi connectivity index (χ2n) is 4.18. The molecule has 0 aliphatic heterocycles. The standard InChI is InChI=1S/C16H14O/c1-2-9-14(10-3-1)17-16-12-5-4-11-15(16)13-7-6-8-13/h1-5,7,9-12H,6,8H2. The molecule has 0 radical (unpaired) electrons. The van der Waals surface area contributed by atoms with Crippen molar-refractivity contribution in [3.8, 4) is 11.5 Å². The summed E-state index contributed by atoms with van der Waals surface area (Å²) in [6.07, 6.45) is 4.62. The fraction of sp³-hybridized carbons (Fsp3) is 0.125. The van der Waals surface area contributed by atoms with Crippen LogP contribution in [0.4, 0.5) is 0 Å². The highest BCUT2D eigenvalue weighted by Gasteiger charge is 2.13. The van der Waals surface area contributed by atoms with Gasteiger partial charge in [0.2, 0.25) is 0 Å². The van der Waals surface area contributed by atoms with E-state index in [1.54, 1.807) is 0 Å². The number of hydrogen-bond donors (Lipinski definition) is 0. The van der Waals surface area contributed by atoms with Crippen LogP contribution in [0.2, 0.25) is 0 Å². The van der Waals surface area contributed by atoms with Gasteiger partial charge in [0.05, 0.1) is 0 Å². The van der Waals surface area contributed by atoms with Crippen molar-refractivity contribution in [2.75, 3.05) is 0 Å². The third kappa shape index (κ3) is 2.09. The van der Waals surface area contributed by atoms with Crippen LogP contribution >= 0.6 is 0 Å². The first kappa shape index (κ1) is 10.2. The van der Waals surface area contributed by atoms with Gasteiger partial charge in [-0.15, -0.1) is 0 Å². The Labute approximate surface area is 101 Å². The van der Waals surface area contributed by atoms with E-state index in [-0.39, 0.29) is 0 Å². The van der Waals surface area contributed by atoms with Gasteiger partial charge in [-0.1, -0.05) is 42.5 Å². The summed E-state index contributed by atoms with van der Waals surface area (Å²) < 4.78 is 5.93. The monoisotopic (exact) mass is 222 g/mol. The van der Waals surface area contributed by atoms with E-state index in [0.29, 0.717) is 0 Å². The molecule has 0 saturated heterocycles. The normalized spacial score (nSPS) is 13.8. The Morgan fingerprint density at radius 1 is 0.824 bits per heavy atom. The zero-order valence-electron chi connectivity index (χ0n) is 9.60. The summed E-state index contributed by atoms with van der Waals surface area (Å²) in [7, 11) is 0. The molecule has 0 atom stereocenters. The van der Waals surface area contributed by atoms with Crippen molar-refractivity contribution in [2.24, 2.45) is 0 Å². The predicted molar refractivity (Wildman–Crippen MR) is 70.2 cm³/mol. The van der Waals surface area contributed by atoms with E-state index in [4.69, 9.17) is 4.74 Å². The molecule has 2 aromatic rings. The average molecular weight is 222 g/mol. The second-order valence-corrected chi connectivity index (χ2v) is 4.18. The van der Waals surface area contributed by atoms with Crippen LogP contribution in [-0.4, -0.2) is 0 Å². The Kier molecular flexibility index (Phi) is 2.66. The molecule has 1 aliphatic rings. The molecule has 0 bridgehead atoms. The number of hydrogen-bond acceptors (Lipinski definition) is 1. The van der Waals surface area contributed by atoms with E-state index in [1.165, 1.54) is 17.6 Å². The van der Waals surface area contributed by atoms with Crippen molar-refractivity contribution in [1.82, 2.24) is 0 Å². The van der Waals surface area contributed by atoms with E-state index < -0.39 is 0 Å². The average Bonchev–Trinajstić information content (AvgIpc) is 2.31. The number of allylic oxidation sites excluding steroid dienone is 2. The maximum absolute atomic E-state index is 5.93. The number of para-hydroxylation sites is 2. The maximum Gasteiger partial charge on any atom is 0.134 e. The summed E-state index contributed by atoms with van der Waals surface area (Å²) in [5.41, 5.74) is 2.62. The van der Waals surface area contributed by atoms with Gasteiger partial charge in [-0.25, -0.2) is 0 Å². The van der Waals surface area contributed by atoms with Crippen LogP contribution in [0.25, 0.3) is 5.57 Å². The molecule has 3 rings (SSSR count). The molecular formula is C16H14O. The smallest absolute Gasteiger partial charge is 0.134 e. The molecule has 1 nitrogen and oxygen atoms in total. The zero-order chi connectivity index (χ0) is 11.5. The molecule has 0 aromatic heterocycles. The Bertz CT molecular complexity index is 540. The van der Waals surface area contributed by atoms with E-state index in [2.05, 4.69) is 18.2 Å². The SMILES string of the molecule is C1=C(c2ccccc2Oc2ccccc2)CC1.